The predicted octanol–water partition coefficient (Wildman–Crippen LogP) is 3.08. The van der Waals surface area contributed by atoms with Gasteiger partial charge in [-0.3, -0.25) is 4.79 Å². The van der Waals surface area contributed by atoms with Crippen LogP contribution in [0.4, 0.5) is 8.78 Å². The van der Waals surface area contributed by atoms with Gasteiger partial charge in [-0.15, -0.1) is 12.4 Å². The average Bonchev–Trinajstić information content (AvgIpc) is 3.27. The van der Waals surface area contributed by atoms with Gasteiger partial charge in [0.05, 0.1) is 0 Å². The Balaban J connectivity index is 0.00000192. The molecule has 3 nitrogen and oxygen atoms in total. The second-order valence-corrected chi connectivity index (χ2v) is 6.64. The van der Waals surface area contributed by atoms with E-state index in [1.165, 1.54) is 12.1 Å². The minimum Gasteiger partial charge on any atom is -0.342 e. The number of carbonyl (C=O) groups excluding carboxylic acids is 1. The van der Waals surface area contributed by atoms with Gasteiger partial charge >= 0.3 is 0 Å². The molecular formula is C17H23ClF2N2O. The van der Waals surface area contributed by atoms with Crippen LogP contribution in [0.25, 0.3) is 0 Å². The predicted molar refractivity (Wildman–Crippen MR) is 87.4 cm³/mol. The summed E-state index contributed by atoms with van der Waals surface area (Å²) in [7, 11) is 0. The summed E-state index contributed by atoms with van der Waals surface area (Å²) in [5, 5.41) is 0. The number of amides is 1. The van der Waals surface area contributed by atoms with Gasteiger partial charge in [0, 0.05) is 31.1 Å². The van der Waals surface area contributed by atoms with Gasteiger partial charge < -0.3 is 10.6 Å². The first-order valence-corrected chi connectivity index (χ1v) is 7.96. The Morgan fingerprint density at radius 1 is 1.30 bits per heavy atom. The van der Waals surface area contributed by atoms with Gasteiger partial charge in [-0.2, -0.15) is 0 Å². The SMILES string of the molecule is CC(N)C1CCN(C(=O)C2CC2c2ccc(F)cc2F)CC1.Cl. The second-order valence-electron chi connectivity index (χ2n) is 6.64. The Morgan fingerprint density at radius 2 is 1.96 bits per heavy atom. The lowest BCUT2D eigenvalue weighted by atomic mass is 9.90. The van der Waals surface area contributed by atoms with Gasteiger partial charge in [0.25, 0.3) is 0 Å². The summed E-state index contributed by atoms with van der Waals surface area (Å²) in [5.41, 5.74) is 6.38. The fourth-order valence-corrected chi connectivity index (χ4v) is 3.49. The fourth-order valence-electron chi connectivity index (χ4n) is 3.49. The number of nitrogens with zero attached hydrogens (tertiary/aromatic N) is 1. The van der Waals surface area contributed by atoms with E-state index in [-0.39, 0.29) is 36.2 Å². The summed E-state index contributed by atoms with van der Waals surface area (Å²) >= 11 is 0. The van der Waals surface area contributed by atoms with Gasteiger partial charge in [-0.05, 0) is 49.7 Å². The lowest BCUT2D eigenvalue weighted by Gasteiger charge is -2.34. The summed E-state index contributed by atoms with van der Waals surface area (Å²) < 4.78 is 26.7. The minimum absolute atomic E-state index is 0. The summed E-state index contributed by atoms with van der Waals surface area (Å²) in [6, 6.07) is 3.78. The van der Waals surface area contributed by atoms with E-state index < -0.39 is 11.6 Å². The topological polar surface area (TPSA) is 46.3 Å². The van der Waals surface area contributed by atoms with Gasteiger partial charge in [0.15, 0.2) is 0 Å². The normalized spacial score (nSPS) is 25.7. The maximum atomic E-state index is 13.8. The van der Waals surface area contributed by atoms with Crippen molar-refractivity contribution in [1.29, 1.82) is 0 Å². The van der Waals surface area contributed by atoms with Crippen molar-refractivity contribution in [3.63, 3.8) is 0 Å². The van der Waals surface area contributed by atoms with E-state index in [2.05, 4.69) is 0 Å². The molecule has 1 saturated carbocycles. The second kappa shape index (κ2) is 7.14. The van der Waals surface area contributed by atoms with Crippen molar-refractivity contribution in [2.75, 3.05) is 13.1 Å². The zero-order valence-electron chi connectivity index (χ0n) is 13.2. The average molecular weight is 345 g/mol. The Hall–Kier alpha value is -1.20. The third kappa shape index (κ3) is 3.83. The van der Waals surface area contributed by atoms with Crippen LogP contribution in [0, 0.1) is 23.5 Å². The number of benzene rings is 1. The molecule has 1 aromatic carbocycles. The van der Waals surface area contributed by atoms with Crippen molar-refractivity contribution >= 4 is 18.3 Å². The molecule has 2 aliphatic rings. The molecular weight excluding hydrogens is 322 g/mol. The highest BCUT2D eigenvalue weighted by Gasteiger charge is 2.47. The van der Waals surface area contributed by atoms with Crippen molar-refractivity contribution in [2.24, 2.45) is 17.6 Å². The highest BCUT2D eigenvalue weighted by Crippen LogP contribution is 2.49. The summed E-state index contributed by atoms with van der Waals surface area (Å²) in [4.78, 5) is 14.4. The summed E-state index contributed by atoms with van der Waals surface area (Å²) in [6.07, 6.45) is 2.53. The molecule has 2 fully saturated rings. The smallest absolute Gasteiger partial charge is 0.226 e. The molecule has 0 radical (unpaired) electrons. The van der Waals surface area contributed by atoms with E-state index in [4.69, 9.17) is 5.73 Å². The number of piperidine rings is 1. The van der Waals surface area contributed by atoms with Crippen LogP contribution in [0.15, 0.2) is 18.2 Å². The van der Waals surface area contributed by atoms with Crippen LogP contribution in [0.5, 0.6) is 0 Å². The molecule has 1 heterocycles. The maximum absolute atomic E-state index is 13.8. The van der Waals surface area contributed by atoms with E-state index in [0.717, 1.165) is 32.0 Å². The first kappa shape index (κ1) is 18.1. The monoisotopic (exact) mass is 344 g/mol. The quantitative estimate of drug-likeness (QED) is 0.916. The van der Waals surface area contributed by atoms with Crippen molar-refractivity contribution in [3.8, 4) is 0 Å². The molecule has 2 N–H and O–H groups in total. The molecule has 23 heavy (non-hydrogen) atoms. The van der Waals surface area contributed by atoms with E-state index in [0.29, 0.717) is 17.9 Å². The third-order valence-electron chi connectivity index (χ3n) is 5.06. The largest absolute Gasteiger partial charge is 0.342 e. The van der Waals surface area contributed by atoms with Crippen LogP contribution in [0.2, 0.25) is 0 Å². The Labute approximate surface area is 141 Å². The molecule has 0 bridgehead atoms. The maximum Gasteiger partial charge on any atom is 0.226 e. The number of halogens is 3. The summed E-state index contributed by atoms with van der Waals surface area (Å²) in [6.45, 7) is 3.48. The van der Waals surface area contributed by atoms with Gasteiger partial charge in [0.2, 0.25) is 5.91 Å². The fraction of sp³-hybridized carbons (Fsp3) is 0.588. The lowest BCUT2D eigenvalue weighted by molar-refractivity contribution is -0.134. The molecule has 3 atom stereocenters. The number of carbonyl (C=O) groups is 1. The van der Waals surface area contributed by atoms with Crippen LogP contribution in [-0.2, 0) is 4.79 Å². The van der Waals surface area contributed by atoms with Crippen LogP contribution < -0.4 is 5.73 Å². The molecule has 1 aliphatic carbocycles. The number of hydrogen-bond acceptors (Lipinski definition) is 2. The molecule has 1 saturated heterocycles. The lowest BCUT2D eigenvalue weighted by Crippen LogP contribution is -2.43. The highest BCUT2D eigenvalue weighted by molar-refractivity contribution is 5.85. The zero-order chi connectivity index (χ0) is 15.9. The molecule has 3 rings (SSSR count). The van der Waals surface area contributed by atoms with Crippen LogP contribution in [-0.4, -0.2) is 29.9 Å². The summed E-state index contributed by atoms with van der Waals surface area (Å²) in [5.74, 6) is -0.782. The van der Waals surface area contributed by atoms with Crippen molar-refractivity contribution in [2.45, 2.75) is 38.1 Å². The number of rotatable bonds is 3. The zero-order valence-corrected chi connectivity index (χ0v) is 14.0. The molecule has 3 unspecified atom stereocenters. The van der Waals surface area contributed by atoms with Gasteiger partial charge in [0.1, 0.15) is 11.6 Å². The van der Waals surface area contributed by atoms with Crippen molar-refractivity contribution in [3.05, 3.63) is 35.4 Å². The third-order valence-corrected chi connectivity index (χ3v) is 5.06. The molecule has 0 aromatic heterocycles. The van der Waals surface area contributed by atoms with Crippen molar-refractivity contribution < 1.29 is 13.6 Å². The van der Waals surface area contributed by atoms with E-state index in [9.17, 15) is 13.6 Å². The molecule has 1 aliphatic heterocycles. The number of nitrogens with two attached hydrogens (primary N) is 1. The minimum atomic E-state index is -0.581. The van der Waals surface area contributed by atoms with Gasteiger partial charge in [-0.25, -0.2) is 8.78 Å². The highest BCUT2D eigenvalue weighted by atomic mass is 35.5. The van der Waals surface area contributed by atoms with Crippen LogP contribution >= 0.6 is 12.4 Å². The van der Waals surface area contributed by atoms with Gasteiger partial charge in [-0.1, -0.05) is 6.07 Å². The molecule has 0 spiro atoms. The number of likely N-dealkylation sites (tertiary alicyclic amines) is 1. The standard InChI is InChI=1S/C17H22F2N2O.ClH/c1-10(20)11-4-6-21(7-5-11)17(22)15-9-14(15)13-3-2-12(18)8-16(13)19;/h2-3,8,10-11,14-15H,4-7,9,20H2,1H3;1H. The Kier molecular flexibility index (Phi) is 5.63. The van der Waals surface area contributed by atoms with Crippen LogP contribution in [0.3, 0.4) is 0 Å². The van der Waals surface area contributed by atoms with Crippen molar-refractivity contribution in [1.82, 2.24) is 4.90 Å². The Bertz CT molecular complexity index is 574. The van der Waals surface area contributed by atoms with E-state index in [1.807, 2.05) is 11.8 Å². The molecule has 1 amide bonds. The van der Waals surface area contributed by atoms with E-state index in [1.54, 1.807) is 0 Å². The molecule has 6 heteroatoms. The molecule has 128 valence electrons. The molecule has 1 aromatic rings. The first-order chi connectivity index (χ1) is 10.5. The number of hydrogen-bond donors (Lipinski definition) is 1. The first-order valence-electron chi connectivity index (χ1n) is 7.96. The van der Waals surface area contributed by atoms with Crippen LogP contribution in [0.1, 0.15) is 37.7 Å². The Morgan fingerprint density at radius 3 is 2.52 bits per heavy atom. The van der Waals surface area contributed by atoms with E-state index >= 15 is 0 Å².